The fourth-order valence-electron chi connectivity index (χ4n) is 2.38. The molecule has 0 aliphatic heterocycles. The molecule has 150 valence electrons. The highest BCUT2D eigenvalue weighted by Crippen LogP contribution is 2.31. The molecule has 0 saturated carbocycles. The van der Waals surface area contributed by atoms with Gasteiger partial charge in [-0.15, -0.1) is 11.3 Å². The summed E-state index contributed by atoms with van der Waals surface area (Å²) in [4.78, 5) is 16.2. The number of carbonyl (C=O) groups is 1. The van der Waals surface area contributed by atoms with Gasteiger partial charge in [0, 0.05) is 11.1 Å². The predicted molar refractivity (Wildman–Crippen MR) is 107 cm³/mol. The fraction of sp³-hybridized carbons (Fsp3) is 0.150. The molecule has 0 fully saturated rings. The number of anilines is 2. The third-order valence-electron chi connectivity index (χ3n) is 3.81. The van der Waals surface area contributed by atoms with E-state index in [1.54, 1.807) is 11.6 Å². The van der Waals surface area contributed by atoms with E-state index in [1.165, 1.54) is 23.5 Å². The molecule has 3 rings (SSSR count). The van der Waals surface area contributed by atoms with Crippen LogP contribution in [0.1, 0.15) is 22.4 Å². The molecule has 0 unspecified atom stereocenters. The lowest BCUT2D eigenvalue weighted by molar-refractivity contribution is -0.137. The van der Waals surface area contributed by atoms with Gasteiger partial charge in [-0.1, -0.05) is 35.9 Å². The first kappa shape index (κ1) is 20.5. The lowest BCUT2D eigenvalue weighted by atomic mass is 10.2. The second-order valence-corrected chi connectivity index (χ2v) is 7.09. The number of hydrazone groups is 1. The van der Waals surface area contributed by atoms with Gasteiger partial charge in [0.25, 0.3) is 0 Å². The molecule has 0 atom stereocenters. The first-order valence-electron chi connectivity index (χ1n) is 8.57. The van der Waals surface area contributed by atoms with E-state index in [4.69, 9.17) is 0 Å². The lowest BCUT2D eigenvalue weighted by Crippen LogP contribution is -2.19. The normalized spacial score (nSPS) is 11.6. The van der Waals surface area contributed by atoms with E-state index in [0.29, 0.717) is 10.8 Å². The first-order chi connectivity index (χ1) is 13.8. The largest absolute Gasteiger partial charge is 0.416 e. The number of alkyl halides is 3. The molecule has 2 aromatic carbocycles. The standard InChI is InChI=1S/C20H17F3N4OS/c1-13-5-7-14(8-6-13)11-24-27-18(28)10-17-12-29-19(26-17)25-16-4-2-3-15(9-16)20(21,22)23/h2-9,11-12H,10H2,1H3,(H,25,26)(H,27,28)/b24-11+. The molecule has 0 spiro atoms. The maximum Gasteiger partial charge on any atom is 0.416 e. The number of rotatable bonds is 6. The quantitative estimate of drug-likeness (QED) is 0.442. The van der Waals surface area contributed by atoms with Crippen molar-refractivity contribution in [1.29, 1.82) is 0 Å². The molecule has 0 radical (unpaired) electrons. The highest BCUT2D eigenvalue weighted by Gasteiger charge is 2.30. The average Bonchev–Trinajstić information content (AvgIpc) is 3.09. The van der Waals surface area contributed by atoms with Gasteiger partial charge in [-0.05, 0) is 30.7 Å². The Morgan fingerprint density at radius 3 is 2.69 bits per heavy atom. The second kappa shape index (κ2) is 8.87. The third-order valence-corrected chi connectivity index (χ3v) is 4.62. The van der Waals surface area contributed by atoms with Crippen LogP contribution in [0.25, 0.3) is 0 Å². The summed E-state index contributed by atoms with van der Waals surface area (Å²) < 4.78 is 38.4. The van der Waals surface area contributed by atoms with E-state index in [1.807, 2.05) is 31.2 Å². The Kier molecular flexibility index (Phi) is 6.28. The molecular formula is C20H17F3N4OS. The van der Waals surface area contributed by atoms with Crippen molar-refractivity contribution in [2.24, 2.45) is 5.10 Å². The molecule has 0 aliphatic carbocycles. The van der Waals surface area contributed by atoms with Gasteiger partial charge in [-0.2, -0.15) is 18.3 Å². The Balaban J connectivity index is 1.54. The van der Waals surface area contributed by atoms with Crippen LogP contribution in [-0.4, -0.2) is 17.1 Å². The van der Waals surface area contributed by atoms with Gasteiger partial charge >= 0.3 is 6.18 Å². The Morgan fingerprint density at radius 1 is 1.21 bits per heavy atom. The molecule has 3 aromatic rings. The maximum absolute atomic E-state index is 12.8. The van der Waals surface area contributed by atoms with Gasteiger partial charge in [-0.3, -0.25) is 4.79 Å². The number of nitrogens with zero attached hydrogens (tertiary/aromatic N) is 2. The molecule has 1 aromatic heterocycles. The third kappa shape index (κ3) is 6.15. The zero-order valence-electron chi connectivity index (χ0n) is 15.3. The van der Waals surface area contributed by atoms with Crippen molar-refractivity contribution in [3.63, 3.8) is 0 Å². The molecular weight excluding hydrogens is 401 g/mol. The van der Waals surface area contributed by atoms with Crippen molar-refractivity contribution in [2.75, 3.05) is 5.32 Å². The Morgan fingerprint density at radius 2 is 1.97 bits per heavy atom. The van der Waals surface area contributed by atoms with Crippen molar-refractivity contribution < 1.29 is 18.0 Å². The predicted octanol–water partition coefficient (Wildman–Crippen LogP) is 4.91. The van der Waals surface area contributed by atoms with Crippen molar-refractivity contribution in [3.8, 4) is 0 Å². The van der Waals surface area contributed by atoms with Gasteiger partial charge in [0.1, 0.15) is 0 Å². The van der Waals surface area contributed by atoms with Crippen LogP contribution in [0.15, 0.2) is 59.0 Å². The molecule has 1 amide bonds. The number of hydrogen-bond donors (Lipinski definition) is 2. The molecule has 29 heavy (non-hydrogen) atoms. The number of nitrogens with one attached hydrogen (secondary N) is 2. The minimum atomic E-state index is -4.41. The number of aryl methyl sites for hydroxylation is 1. The SMILES string of the molecule is Cc1ccc(/C=N/NC(=O)Cc2csc(Nc3cccc(C(F)(F)F)c3)n2)cc1. The van der Waals surface area contributed by atoms with Gasteiger partial charge in [0.2, 0.25) is 5.91 Å². The highest BCUT2D eigenvalue weighted by molar-refractivity contribution is 7.13. The summed E-state index contributed by atoms with van der Waals surface area (Å²) in [5.41, 5.74) is 4.43. The average molecular weight is 418 g/mol. The van der Waals surface area contributed by atoms with E-state index in [9.17, 15) is 18.0 Å². The minimum Gasteiger partial charge on any atom is -0.332 e. The summed E-state index contributed by atoms with van der Waals surface area (Å²) in [5.74, 6) is -0.343. The van der Waals surface area contributed by atoms with E-state index < -0.39 is 11.7 Å². The zero-order chi connectivity index (χ0) is 20.9. The number of carbonyl (C=O) groups excluding carboxylic acids is 1. The molecule has 1 heterocycles. The first-order valence-corrected chi connectivity index (χ1v) is 9.45. The Hall–Kier alpha value is -3.20. The van der Waals surface area contributed by atoms with Crippen molar-refractivity contribution in [2.45, 2.75) is 19.5 Å². The number of halogens is 3. The summed E-state index contributed by atoms with van der Waals surface area (Å²) in [7, 11) is 0. The topological polar surface area (TPSA) is 66.4 Å². The minimum absolute atomic E-state index is 0.00596. The number of hydrogen-bond acceptors (Lipinski definition) is 5. The van der Waals surface area contributed by atoms with Gasteiger partial charge in [-0.25, -0.2) is 10.4 Å². The molecule has 0 bridgehead atoms. The second-order valence-electron chi connectivity index (χ2n) is 6.23. The van der Waals surface area contributed by atoms with Crippen LogP contribution in [0, 0.1) is 6.92 Å². The van der Waals surface area contributed by atoms with Crippen LogP contribution >= 0.6 is 11.3 Å². The number of amides is 1. The zero-order valence-corrected chi connectivity index (χ0v) is 16.1. The Bertz CT molecular complexity index is 1010. The van der Waals surface area contributed by atoms with Crippen LogP contribution in [0.4, 0.5) is 24.0 Å². The summed E-state index contributed by atoms with van der Waals surface area (Å²) in [5, 5.41) is 8.79. The van der Waals surface area contributed by atoms with E-state index >= 15 is 0 Å². The maximum atomic E-state index is 12.8. The van der Waals surface area contributed by atoms with Crippen LogP contribution in [0.5, 0.6) is 0 Å². The van der Waals surface area contributed by atoms with Gasteiger partial charge in [0.15, 0.2) is 5.13 Å². The van der Waals surface area contributed by atoms with Crippen LogP contribution in [0.3, 0.4) is 0 Å². The van der Waals surface area contributed by atoms with Gasteiger partial charge < -0.3 is 5.32 Å². The number of aromatic nitrogens is 1. The number of benzene rings is 2. The number of thiazole rings is 1. The van der Waals surface area contributed by atoms with E-state index in [0.717, 1.165) is 23.3 Å². The molecule has 0 aliphatic rings. The van der Waals surface area contributed by atoms with Crippen LogP contribution in [-0.2, 0) is 17.4 Å². The van der Waals surface area contributed by atoms with E-state index in [-0.39, 0.29) is 18.0 Å². The highest BCUT2D eigenvalue weighted by atomic mass is 32.1. The van der Waals surface area contributed by atoms with Crippen molar-refractivity contribution in [1.82, 2.24) is 10.4 Å². The molecule has 5 nitrogen and oxygen atoms in total. The van der Waals surface area contributed by atoms with Crippen LogP contribution < -0.4 is 10.7 Å². The molecule has 0 saturated heterocycles. The Labute approximate surface area is 169 Å². The summed E-state index contributed by atoms with van der Waals surface area (Å²) >= 11 is 1.20. The molecule has 9 heteroatoms. The van der Waals surface area contributed by atoms with Crippen LogP contribution in [0.2, 0.25) is 0 Å². The smallest absolute Gasteiger partial charge is 0.332 e. The molecule has 2 N–H and O–H groups in total. The van der Waals surface area contributed by atoms with Crippen molar-refractivity contribution in [3.05, 3.63) is 76.3 Å². The monoisotopic (exact) mass is 418 g/mol. The van der Waals surface area contributed by atoms with E-state index in [2.05, 4.69) is 20.8 Å². The summed E-state index contributed by atoms with van der Waals surface area (Å²) in [6.45, 7) is 1.98. The lowest BCUT2D eigenvalue weighted by Gasteiger charge is -2.08. The summed E-state index contributed by atoms with van der Waals surface area (Å²) in [6.07, 6.45) is -2.87. The van der Waals surface area contributed by atoms with Crippen molar-refractivity contribution >= 4 is 34.3 Å². The fourth-order valence-corrected chi connectivity index (χ4v) is 3.11. The van der Waals surface area contributed by atoms with Gasteiger partial charge in [0.05, 0.1) is 23.9 Å². The summed E-state index contributed by atoms with van der Waals surface area (Å²) in [6, 6.07) is 12.5.